The Morgan fingerprint density at radius 1 is 0.677 bits per heavy atom. The van der Waals surface area contributed by atoms with Crippen molar-refractivity contribution < 1.29 is 93.4 Å². The van der Waals surface area contributed by atoms with Gasteiger partial charge in [-0.2, -0.15) is 0 Å². The van der Waals surface area contributed by atoms with Gasteiger partial charge in [-0.1, -0.05) is 107 Å². The summed E-state index contributed by atoms with van der Waals surface area (Å²) < 4.78 is 35.9. The van der Waals surface area contributed by atoms with Crippen LogP contribution >= 0.6 is 34.3 Å². The van der Waals surface area contributed by atoms with E-state index >= 15 is 0 Å². The SMILES string of the molecule is CS(=O)(=O)c1ccc(-c2nc3ccc(OCC4CCN(Cc5ccccc5)CC4)nc3s2)cc1.Clc1nc2ccc(OCC3CCN(Cc4ccccc4)CC3)nc2s1.O=CO[O-].[H-].[Na+].[Na+]. The summed E-state index contributed by atoms with van der Waals surface area (Å²) in [6.07, 6.45) is 5.80. The van der Waals surface area contributed by atoms with Gasteiger partial charge in [0.25, 0.3) is 6.47 Å². The van der Waals surface area contributed by atoms with Gasteiger partial charge in [0.15, 0.2) is 14.3 Å². The number of rotatable bonds is 13. The standard InChI is InChI=1S/C26H27N3O3S2.C19H20ClN3OS.CH2O3.2Na.H/c1-34(30,31)22-9-7-21(8-10-22)25-27-23-11-12-24(28-26(23)33-25)32-18-20-13-15-29(16-14-20)17-19-5-3-2-4-6-19;20-19-21-16-6-7-17(22-18(16)25-19)24-13-15-8-10-23(11-9-15)12-14-4-2-1-3-5-14;2-1-4-3;;;/h2-12,20H,13-18H2,1H3;1-7,15H,8-13H2;1,3H;;;/q;;;2*+1;-1/p-1. The number of benzene rings is 3. The van der Waals surface area contributed by atoms with Crippen molar-refractivity contribution in [1.29, 1.82) is 0 Å². The van der Waals surface area contributed by atoms with Gasteiger partial charge in [-0.3, -0.25) is 14.6 Å². The number of fused-ring (bicyclic) bond motifs is 2. The molecule has 0 bridgehead atoms. The molecule has 0 radical (unpaired) electrons. The number of halogens is 1. The Labute approximate surface area is 438 Å². The van der Waals surface area contributed by atoms with Crippen molar-refractivity contribution in [2.24, 2.45) is 11.8 Å². The third kappa shape index (κ3) is 16.3. The van der Waals surface area contributed by atoms with E-state index in [1.165, 1.54) is 52.9 Å². The zero-order chi connectivity index (χ0) is 44.0. The third-order valence-electron chi connectivity index (χ3n) is 10.8. The van der Waals surface area contributed by atoms with Gasteiger partial charge in [-0.25, -0.2) is 28.4 Å². The Morgan fingerprint density at radius 3 is 1.57 bits per heavy atom. The summed E-state index contributed by atoms with van der Waals surface area (Å²) in [6.45, 7) is 7.70. The van der Waals surface area contributed by atoms with E-state index in [1.54, 1.807) is 24.3 Å². The maximum atomic E-state index is 11.7. The largest absolute Gasteiger partial charge is 1.00 e. The molecule has 0 N–H and O–H groups in total. The minimum atomic E-state index is -3.21. The topological polar surface area (TPSA) is 160 Å². The first kappa shape index (κ1) is 52.9. The maximum absolute atomic E-state index is 11.7. The van der Waals surface area contributed by atoms with Crippen molar-refractivity contribution in [3.8, 4) is 22.3 Å². The van der Waals surface area contributed by atoms with Crippen LogP contribution in [0, 0.1) is 11.8 Å². The molecule has 332 valence electrons. The minimum Gasteiger partial charge on any atom is -1.00 e. The number of ether oxygens (including phenoxy) is 2. The van der Waals surface area contributed by atoms with E-state index in [9.17, 15) is 8.42 Å². The van der Waals surface area contributed by atoms with Crippen LogP contribution in [-0.2, 0) is 32.6 Å². The third-order valence-corrected chi connectivity index (χ3v) is 14.1. The second kappa shape index (κ2) is 26.5. The number of carbonyl (C=O) groups is 1. The van der Waals surface area contributed by atoms with E-state index < -0.39 is 9.84 Å². The predicted octanol–water partition coefficient (Wildman–Crippen LogP) is 2.24. The van der Waals surface area contributed by atoms with Crippen LogP contribution in [0.1, 0.15) is 38.2 Å². The number of hydrogen-bond acceptors (Lipinski definition) is 15. The average molecular weight is 976 g/mol. The summed E-state index contributed by atoms with van der Waals surface area (Å²) in [5, 5.41) is 9.24. The second-order valence-electron chi connectivity index (χ2n) is 15.5. The van der Waals surface area contributed by atoms with E-state index in [4.69, 9.17) is 31.1 Å². The fourth-order valence-electron chi connectivity index (χ4n) is 7.41. The first-order valence-corrected chi connectivity index (χ1v) is 24.5. The summed E-state index contributed by atoms with van der Waals surface area (Å²) in [4.78, 5) is 36.3. The fourth-order valence-corrected chi connectivity index (χ4v) is 9.95. The first-order valence-electron chi connectivity index (χ1n) is 20.6. The molecule has 7 aromatic rings. The molecule has 0 spiro atoms. The molecule has 19 heteroatoms. The van der Waals surface area contributed by atoms with Crippen LogP contribution in [0.3, 0.4) is 0 Å². The van der Waals surface area contributed by atoms with Crippen LogP contribution in [0.25, 0.3) is 31.3 Å². The molecule has 0 unspecified atom stereocenters. The van der Waals surface area contributed by atoms with Crippen LogP contribution in [0.2, 0.25) is 4.47 Å². The van der Waals surface area contributed by atoms with Gasteiger partial charge in [-0.15, -0.1) is 0 Å². The predicted molar refractivity (Wildman–Crippen MR) is 247 cm³/mol. The zero-order valence-electron chi connectivity index (χ0n) is 37.8. The molecular weight excluding hydrogens is 926 g/mol. The Hall–Kier alpha value is -3.07. The number of aromatic nitrogens is 4. The first-order chi connectivity index (χ1) is 30.6. The van der Waals surface area contributed by atoms with Crippen LogP contribution in [-0.4, -0.2) is 90.3 Å². The van der Waals surface area contributed by atoms with Crippen molar-refractivity contribution in [3.05, 3.63) is 125 Å². The van der Waals surface area contributed by atoms with Crippen molar-refractivity contribution >= 4 is 71.3 Å². The Kier molecular flexibility index (Phi) is 21.5. The number of nitrogens with zero attached hydrogens (tertiary/aromatic N) is 6. The number of pyridine rings is 2. The van der Waals surface area contributed by atoms with Gasteiger partial charge in [0.05, 0.1) is 18.1 Å². The van der Waals surface area contributed by atoms with Gasteiger partial charge in [0, 0.05) is 37.0 Å². The number of likely N-dealkylation sites (tertiary alicyclic amines) is 2. The van der Waals surface area contributed by atoms with Crippen LogP contribution in [0.4, 0.5) is 0 Å². The molecule has 9 rings (SSSR count). The molecule has 0 aliphatic carbocycles. The minimum absolute atomic E-state index is 0. The molecule has 3 aromatic carbocycles. The number of thiazole rings is 2. The number of carbonyl (C=O) groups excluding carboxylic acids is 1. The summed E-state index contributed by atoms with van der Waals surface area (Å²) in [5.41, 5.74) is 5.27. The van der Waals surface area contributed by atoms with Crippen molar-refractivity contribution in [2.45, 2.75) is 43.7 Å². The Bertz CT molecular complexity index is 2640. The van der Waals surface area contributed by atoms with Crippen molar-refractivity contribution in [1.82, 2.24) is 29.7 Å². The molecular formula is C46H49ClN6Na2O7S3. The zero-order valence-corrected chi connectivity index (χ0v) is 44.0. The quantitative estimate of drug-likeness (QED) is 0.0718. The summed E-state index contributed by atoms with van der Waals surface area (Å²) in [5.74, 6) is 2.42. The van der Waals surface area contributed by atoms with E-state index in [-0.39, 0.29) is 67.0 Å². The Morgan fingerprint density at radius 2 is 1.12 bits per heavy atom. The maximum Gasteiger partial charge on any atom is 1.00 e. The van der Waals surface area contributed by atoms with Gasteiger partial charge in [-0.05, 0) is 99.1 Å². The van der Waals surface area contributed by atoms with Crippen LogP contribution in [0.15, 0.2) is 114 Å². The molecule has 2 aliphatic rings. The number of piperidine rings is 2. The van der Waals surface area contributed by atoms with E-state index in [1.807, 2.05) is 24.3 Å². The van der Waals surface area contributed by atoms with Crippen LogP contribution in [0.5, 0.6) is 11.8 Å². The molecule has 2 aliphatic heterocycles. The second-order valence-corrected chi connectivity index (χ2v) is 20.0. The van der Waals surface area contributed by atoms with Gasteiger partial charge < -0.3 is 21.0 Å². The molecule has 0 saturated carbocycles. The van der Waals surface area contributed by atoms with Gasteiger partial charge >= 0.3 is 59.1 Å². The average Bonchev–Trinajstić information content (AvgIpc) is 3.91. The fraction of sp³-hybridized carbons (Fsp3) is 0.326. The monoisotopic (exact) mass is 974 g/mol. The van der Waals surface area contributed by atoms with Crippen LogP contribution < -0.4 is 73.8 Å². The van der Waals surface area contributed by atoms with Crippen molar-refractivity contribution in [2.75, 3.05) is 45.6 Å². The molecule has 65 heavy (non-hydrogen) atoms. The van der Waals surface area contributed by atoms with Gasteiger partial charge in [0.1, 0.15) is 25.7 Å². The molecule has 2 saturated heterocycles. The molecule has 2 fully saturated rings. The smallest absolute Gasteiger partial charge is 1.00 e. The molecule has 0 atom stereocenters. The molecule has 6 heterocycles. The van der Waals surface area contributed by atoms with E-state index in [2.05, 4.69) is 95.3 Å². The summed E-state index contributed by atoms with van der Waals surface area (Å²) in [7, 11) is -3.21. The summed E-state index contributed by atoms with van der Waals surface area (Å²) in [6, 6.07) is 35.7. The number of hydrogen-bond donors (Lipinski definition) is 0. The molecule has 4 aromatic heterocycles. The van der Waals surface area contributed by atoms with E-state index in [0.717, 1.165) is 90.0 Å². The summed E-state index contributed by atoms with van der Waals surface area (Å²) >= 11 is 8.80. The van der Waals surface area contributed by atoms with E-state index in [0.29, 0.717) is 39.6 Å². The molecule has 13 nitrogen and oxygen atoms in total. The molecule has 0 amide bonds. The number of sulfone groups is 1. The van der Waals surface area contributed by atoms with Gasteiger partial charge in [0.2, 0.25) is 11.8 Å². The normalized spacial score (nSPS) is 14.8. The Balaban J connectivity index is 0.000000265. The van der Waals surface area contributed by atoms with Crippen molar-refractivity contribution in [3.63, 3.8) is 0 Å².